The maximum Gasteiger partial charge on any atom is 0.310 e. The van der Waals surface area contributed by atoms with Gasteiger partial charge in [0.25, 0.3) is 0 Å². The number of benzene rings is 2. The van der Waals surface area contributed by atoms with Gasteiger partial charge < -0.3 is 20.1 Å². The number of esters is 1. The van der Waals surface area contributed by atoms with Crippen LogP contribution >= 0.6 is 11.6 Å². The molecule has 1 aliphatic carbocycles. The van der Waals surface area contributed by atoms with Crippen LogP contribution in [0.5, 0.6) is 0 Å². The van der Waals surface area contributed by atoms with Gasteiger partial charge in [0.2, 0.25) is 11.8 Å². The number of carbonyl (C=O) groups excluding carboxylic acids is 3. The van der Waals surface area contributed by atoms with Crippen molar-refractivity contribution >= 4 is 35.1 Å². The molecular weight excluding hydrogens is 492 g/mol. The van der Waals surface area contributed by atoms with Crippen molar-refractivity contribution in [2.75, 3.05) is 18.5 Å². The molecule has 2 aromatic rings. The second-order valence-corrected chi connectivity index (χ2v) is 9.89. The highest BCUT2D eigenvalue weighted by Gasteiger charge is 2.59. The lowest BCUT2D eigenvalue weighted by atomic mass is 9.69. The lowest BCUT2D eigenvalue weighted by molar-refractivity contribution is -0.156. The highest BCUT2D eigenvalue weighted by atomic mass is 35.5. The molecule has 1 aliphatic heterocycles. The van der Waals surface area contributed by atoms with Crippen molar-refractivity contribution in [1.82, 2.24) is 4.90 Å². The van der Waals surface area contributed by atoms with Gasteiger partial charge in [-0.1, -0.05) is 79.6 Å². The Morgan fingerprint density at radius 3 is 2.43 bits per heavy atom. The fraction of sp³-hybridized carbons (Fsp3) is 0.414. The molecule has 2 aliphatic rings. The van der Waals surface area contributed by atoms with E-state index < -0.39 is 41.7 Å². The van der Waals surface area contributed by atoms with Crippen molar-refractivity contribution < 1.29 is 24.2 Å². The first-order chi connectivity index (χ1) is 17.9. The minimum Gasteiger partial charge on any atom is -0.466 e. The first-order valence-corrected chi connectivity index (χ1v) is 13.2. The van der Waals surface area contributed by atoms with Crippen LogP contribution in [-0.4, -0.2) is 47.0 Å². The van der Waals surface area contributed by atoms with Crippen molar-refractivity contribution in [1.29, 1.82) is 0 Å². The molecule has 2 N–H and O–H groups in total. The highest BCUT2D eigenvalue weighted by molar-refractivity contribution is 6.33. The second kappa shape index (κ2) is 11.9. The van der Waals surface area contributed by atoms with Crippen LogP contribution in [0.4, 0.5) is 5.69 Å². The predicted octanol–water partition coefficient (Wildman–Crippen LogP) is 4.62. The second-order valence-electron chi connectivity index (χ2n) is 9.49. The van der Waals surface area contributed by atoms with E-state index in [9.17, 15) is 19.5 Å². The van der Waals surface area contributed by atoms with E-state index in [4.69, 9.17) is 16.3 Å². The quantitative estimate of drug-likeness (QED) is 0.368. The highest BCUT2D eigenvalue weighted by Crippen LogP contribution is 2.48. The summed E-state index contributed by atoms with van der Waals surface area (Å²) >= 11 is 6.31. The van der Waals surface area contributed by atoms with Gasteiger partial charge in [0.15, 0.2) is 0 Å². The summed E-state index contributed by atoms with van der Waals surface area (Å²) in [4.78, 5) is 42.7. The number of likely N-dealkylation sites (tertiary alicyclic amines) is 1. The zero-order valence-electron chi connectivity index (χ0n) is 21.0. The molecule has 0 aromatic heterocycles. The molecule has 0 bridgehead atoms. The molecule has 6 atom stereocenters. The third-order valence-corrected chi connectivity index (χ3v) is 7.65. The number of para-hydroxylation sites is 1. The van der Waals surface area contributed by atoms with Gasteiger partial charge in [-0.2, -0.15) is 0 Å². The number of carbonyl (C=O) groups is 3. The molecule has 2 aromatic carbocycles. The van der Waals surface area contributed by atoms with Crippen molar-refractivity contribution in [3.63, 3.8) is 0 Å². The van der Waals surface area contributed by atoms with Crippen LogP contribution < -0.4 is 5.32 Å². The summed E-state index contributed by atoms with van der Waals surface area (Å²) in [5, 5.41) is 13.7. The van der Waals surface area contributed by atoms with E-state index in [1.165, 1.54) is 4.90 Å². The molecule has 0 saturated carbocycles. The molecule has 0 radical (unpaired) electrons. The predicted molar refractivity (Wildman–Crippen MR) is 142 cm³/mol. The number of hydrogen-bond donors (Lipinski definition) is 2. The van der Waals surface area contributed by atoms with Crippen LogP contribution in [0.15, 0.2) is 66.7 Å². The first-order valence-electron chi connectivity index (χ1n) is 12.8. The van der Waals surface area contributed by atoms with Gasteiger partial charge >= 0.3 is 5.97 Å². The summed E-state index contributed by atoms with van der Waals surface area (Å²) in [7, 11) is 0. The standard InChI is InChI=1S/C29H33ClN2O5/c1-3-10-19-15-16-20-25(24(19)29(36)37-4-2)28(35)32(23(17-33)18-11-6-5-7-12-18)26(20)27(34)31-22-14-9-8-13-21(22)30/h5-9,11-16,19-20,23-26,33H,3-4,10,17H2,1-2H3,(H,31,34)/t19-,20+,23-,24-,25-,26+/m1/s1. The van der Waals surface area contributed by atoms with E-state index >= 15 is 0 Å². The molecule has 2 amide bonds. The van der Waals surface area contributed by atoms with E-state index in [0.29, 0.717) is 16.3 Å². The van der Waals surface area contributed by atoms with Crippen LogP contribution in [-0.2, 0) is 19.1 Å². The average Bonchev–Trinajstić information content (AvgIpc) is 3.19. The third-order valence-electron chi connectivity index (χ3n) is 7.32. The minimum absolute atomic E-state index is 0.175. The van der Waals surface area contributed by atoms with Crippen molar-refractivity contribution in [3.8, 4) is 0 Å². The van der Waals surface area contributed by atoms with E-state index in [1.54, 1.807) is 31.2 Å². The Labute approximate surface area is 222 Å². The molecule has 0 spiro atoms. The summed E-state index contributed by atoms with van der Waals surface area (Å²) < 4.78 is 5.42. The summed E-state index contributed by atoms with van der Waals surface area (Å²) in [5.41, 5.74) is 1.13. The van der Waals surface area contributed by atoms with Crippen LogP contribution in [0.1, 0.15) is 38.3 Å². The minimum atomic E-state index is -0.957. The molecular formula is C29H33ClN2O5. The lowest BCUT2D eigenvalue weighted by Crippen LogP contribution is -2.47. The number of ether oxygens (including phenoxy) is 1. The molecule has 1 heterocycles. The normalized spacial score (nSPS) is 25.5. The Balaban J connectivity index is 1.80. The van der Waals surface area contributed by atoms with Crippen LogP contribution in [0.2, 0.25) is 5.02 Å². The molecule has 1 saturated heterocycles. The fourth-order valence-electron chi connectivity index (χ4n) is 5.75. The van der Waals surface area contributed by atoms with Gasteiger partial charge in [0, 0.05) is 5.92 Å². The van der Waals surface area contributed by atoms with Gasteiger partial charge in [0.1, 0.15) is 6.04 Å². The summed E-state index contributed by atoms with van der Waals surface area (Å²) in [5.74, 6) is -3.43. The van der Waals surface area contributed by atoms with Gasteiger partial charge in [-0.25, -0.2) is 0 Å². The number of aliphatic hydroxyl groups is 1. The molecule has 4 rings (SSSR count). The number of aliphatic hydroxyl groups excluding tert-OH is 1. The molecule has 8 heteroatoms. The Morgan fingerprint density at radius 1 is 1.08 bits per heavy atom. The largest absolute Gasteiger partial charge is 0.466 e. The topological polar surface area (TPSA) is 95.9 Å². The number of fused-ring (bicyclic) bond motifs is 1. The van der Waals surface area contributed by atoms with Crippen LogP contribution in [0.3, 0.4) is 0 Å². The van der Waals surface area contributed by atoms with Crippen molar-refractivity contribution in [3.05, 3.63) is 77.3 Å². The van der Waals surface area contributed by atoms with Gasteiger partial charge in [-0.15, -0.1) is 0 Å². The maximum absolute atomic E-state index is 14.2. The third kappa shape index (κ3) is 5.29. The zero-order chi connectivity index (χ0) is 26.5. The van der Waals surface area contributed by atoms with E-state index in [2.05, 4.69) is 5.32 Å². The van der Waals surface area contributed by atoms with Crippen LogP contribution in [0, 0.1) is 23.7 Å². The molecule has 37 heavy (non-hydrogen) atoms. The van der Waals surface area contributed by atoms with Crippen molar-refractivity contribution in [2.24, 2.45) is 23.7 Å². The number of allylic oxidation sites excluding steroid dienone is 1. The molecule has 196 valence electrons. The maximum atomic E-state index is 14.2. The Hall–Kier alpha value is -3.16. The van der Waals surface area contributed by atoms with Gasteiger partial charge in [-0.3, -0.25) is 14.4 Å². The smallest absolute Gasteiger partial charge is 0.310 e. The number of nitrogens with one attached hydrogen (secondary N) is 1. The Kier molecular flexibility index (Phi) is 8.67. The van der Waals surface area contributed by atoms with Gasteiger partial charge in [-0.05, 0) is 37.0 Å². The van der Waals surface area contributed by atoms with Crippen molar-refractivity contribution in [2.45, 2.75) is 38.8 Å². The number of rotatable bonds is 9. The average molecular weight is 525 g/mol. The molecule has 1 fully saturated rings. The lowest BCUT2D eigenvalue weighted by Gasteiger charge is -2.34. The number of hydrogen-bond acceptors (Lipinski definition) is 5. The summed E-state index contributed by atoms with van der Waals surface area (Å²) in [6, 6.07) is 14.3. The number of amides is 2. The van der Waals surface area contributed by atoms with Crippen LogP contribution in [0.25, 0.3) is 0 Å². The first kappa shape index (κ1) is 26.9. The monoisotopic (exact) mass is 524 g/mol. The Bertz CT molecular complexity index is 1150. The van der Waals surface area contributed by atoms with E-state index in [0.717, 1.165) is 12.8 Å². The number of halogens is 1. The van der Waals surface area contributed by atoms with E-state index in [1.807, 2.05) is 49.4 Å². The summed E-state index contributed by atoms with van der Waals surface area (Å²) in [6.07, 6.45) is 5.40. The molecule has 0 unspecified atom stereocenters. The molecule has 7 nitrogen and oxygen atoms in total. The fourth-order valence-corrected chi connectivity index (χ4v) is 5.93. The Morgan fingerprint density at radius 2 is 1.78 bits per heavy atom. The van der Waals surface area contributed by atoms with Gasteiger partial charge in [0.05, 0.1) is 41.8 Å². The zero-order valence-corrected chi connectivity index (χ0v) is 21.8. The SMILES string of the molecule is CCC[C@@H]1C=C[C@H]2[C@@H](C(=O)N([C@H](CO)c3ccccc3)[C@@H]2C(=O)Nc2ccccc2Cl)[C@@H]1C(=O)OCC. The number of anilines is 1. The summed E-state index contributed by atoms with van der Waals surface area (Å²) in [6.45, 7) is 3.59. The number of nitrogens with zero attached hydrogens (tertiary/aromatic N) is 1. The van der Waals surface area contributed by atoms with E-state index in [-0.39, 0.29) is 25.0 Å².